The number of hydrogen-bond donors (Lipinski definition) is 2. The summed E-state index contributed by atoms with van der Waals surface area (Å²) in [6.07, 6.45) is -1.87. The van der Waals surface area contributed by atoms with Crippen LogP contribution in [0.25, 0.3) is 0 Å². The molecule has 1 aliphatic carbocycles. The van der Waals surface area contributed by atoms with Crippen LogP contribution < -0.4 is 10.5 Å². The van der Waals surface area contributed by atoms with Gasteiger partial charge in [-0.3, -0.25) is 0 Å². The third-order valence-corrected chi connectivity index (χ3v) is 5.56. The summed E-state index contributed by atoms with van der Waals surface area (Å²) in [5.74, 6) is 0.469. The number of alkyl halides is 3. The smallest absolute Gasteiger partial charge is 0.416 e. The number of nitrogens with two attached hydrogens (primary N) is 1. The molecule has 1 saturated carbocycles. The number of hydrogen-bond acceptors (Lipinski definition) is 5. The maximum atomic E-state index is 12.7. The van der Waals surface area contributed by atoms with E-state index in [2.05, 4.69) is 5.16 Å². The predicted octanol–water partition coefficient (Wildman–Crippen LogP) is 4.48. The SMILES string of the molecule is C/C(=N\OCCOc1cccc(C(F)(F)F)c1)c1ccc([C@@H]2CC[C@](N)(CO)C2)cc1. The molecule has 2 atom stereocenters. The zero-order chi connectivity index (χ0) is 22.5. The van der Waals surface area contributed by atoms with Crippen LogP contribution in [-0.2, 0) is 11.0 Å². The maximum Gasteiger partial charge on any atom is 0.416 e. The Morgan fingerprint density at radius 1 is 1.19 bits per heavy atom. The third-order valence-electron chi connectivity index (χ3n) is 5.56. The van der Waals surface area contributed by atoms with E-state index in [1.807, 2.05) is 31.2 Å². The summed E-state index contributed by atoms with van der Waals surface area (Å²) in [6, 6.07) is 12.7. The molecule has 0 unspecified atom stereocenters. The summed E-state index contributed by atoms with van der Waals surface area (Å²) in [5.41, 5.74) is 7.70. The molecule has 0 spiro atoms. The number of halogens is 3. The fourth-order valence-corrected chi connectivity index (χ4v) is 3.74. The highest BCUT2D eigenvalue weighted by atomic mass is 19.4. The topological polar surface area (TPSA) is 77.1 Å². The van der Waals surface area contributed by atoms with Crippen LogP contribution in [0.3, 0.4) is 0 Å². The largest absolute Gasteiger partial charge is 0.490 e. The molecule has 1 fully saturated rings. The molecule has 2 aromatic rings. The van der Waals surface area contributed by atoms with Crippen LogP contribution in [0, 0.1) is 0 Å². The Kier molecular flexibility index (Phi) is 7.23. The molecule has 5 nitrogen and oxygen atoms in total. The van der Waals surface area contributed by atoms with Crippen molar-refractivity contribution in [2.45, 2.75) is 43.8 Å². The summed E-state index contributed by atoms with van der Waals surface area (Å²) >= 11 is 0. The van der Waals surface area contributed by atoms with E-state index in [-0.39, 0.29) is 25.6 Å². The van der Waals surface area contributed by atoms with E-state index in [0.29, 0.717) is 11.6 Å². The lowest BCUT2D eigenvalue weighted by Gasteiger charge is -2.20. The van der Waals surface area contributed by atoms with E-state index in [1.165, 1.54) is 17.7 Å². The summed E-state index contributed by atoms with van der Waals surface area (Å²) in [7, 11) is 0. The van der Waals surface area contributed by atoms with Gasteiger partial charge in [0.05, 0.1) is 17.9 Å². The van der Waals surface area contributed by atoms with Crippen molar-refractivity contribution < 1.29 is 27.9 Å². The lowest BCUT2D eigenvalue weighted by atomic mass is 9.93. The molecular formula is C23H27F3N2O3. The normalized spacial score (nSPS) is 21.9. The van der Waals surface area contributed by atoms with Crippen molar-refractivity contribution in [1.82, 2.24) is 0 Å². The molecule has 3 rings (SSSR count). The molecule has 0 bridgehead atoms. The van der Waals surface area contributed by atoms with Gasteiger partial charge in [-0.15, -0.1) is 0 Å². The minimum Gasteiger partial charge on any atom is -0.490 e. The Balaban J connectivity index is 1.47. The second kappa shape index (κ2) is 9.70. The summed E-state index contributed by atoms with van der Waals surface area (Å²) < 4.78 is 43.4. The molecule has 1 aliphatic rings. The van der Waals surface area contributed by atoms with Gasteiger partial charge in [-0.05, 0) is 61.4 Å². The number of aliphatic hydroxyl groups excluding tert-OH is 1. The van der Waals surface area contributed by atoms with Gasteiger partial charge in [-0.2, -0.15) is 13.2 Å². The van der Waals surface area contributed by atoms with Gasteiger partial charge in [-0.25, -0.2) is 0 Å². The van der Waals surface area contributed by atoms with E-state index < -0.39 is 17.3 Å². The molecule has 2 aromatic carbocycles. The first-order valence-corrected chi connectivity index (χ1v) is 10.2. The molecule has 0 amide bonds. The zero-order valence-electron chi connectivity index (χ0n) is 17.4. The molecule has 0 heterocycles. The van der Waals surface area contributed by atoms with Crippen molar-refractivity contribution in [2.75, 3.05) is 19.8 Å². The van der Waals surface area contributed by atoms with Gasteiger partial charge in [0.1, 0.15) is 12.4 Å². The van der Waals surface area contributed by atoms with Crippen molar-refractivity contribution >= 4 is 5.71 Å². The van der Waals surface area contributed by atoms with Gasteiger partial charge < -0.3 is 20.4 Å². The van der Waals surface area contributed by atoms with Crippen LogP contribution in [0.2, 0.25) is 0 Å². The Morgan fingerprint density at radius 3 is 2.58 bits per heavy atom. The molecule has 168 valence electrons. The van der Waals surface area contributed by atoms with Crippen molar-refractivity contribution in [2.24, 2.45) is 10.9 Å². The van der Waals surface area contributed by atoms with Crippen LogP contribution in [0.15, 0.2) is 53.7 Å². The lowest BCUT2D eigenvalue weighted by Crippen LogP contribution is -2.40. The van der Waals surface area contributed by atoms with Crippen molar-refractivity contribution in [3.05, 3.63) is 65.2 Å². The quantitative estimate of drug-likeness (QED) is 0.363. The third kappa shape index (κ3) is 6.21. The van der Waals surface area contributed by atoms with Crippen LogP contribution in [-0.4, -0.2) is 36.2 Å². The van der Waals surface area contributed by atoms with Crippen LogP contribution in [0.4, 0.5) is 13.2 Å². The Bertz CT molecular complexity index is 900. The van der Waals surface area contributed by atoms with Gasteiger partial charge in [0.2, 0.25) is 0 Å². The molecule has 8 heteroatoms. The van der Waals surface area contributed by atoms with E-state index in [4.69, 9.17) is 15.3 Å². The fraction of sp³-hybridized carbons (Fsp3) is 0.435. The number of benzene rings is 2. The average molecular weight is 436 g/mol. The molecular weight excluding hydrogens is 409 g/mol. The zero-order valence-corrected chi connectivity index (χ0v) is 17.4. The summed E-state index contributed by atoms with van der Waals surface area (Å²) in [4.78, 5) is 5.24. The van der Waals surface area contributed by atoms with Crippen LogP contribution in [0.1, 0.15) is 48.8 Å². The van der Waals surface area contributed by atoms with Gasteiger partial charge in [0.15, 0.2) is 6.61 Å². The number of nitrogens with zero attached hydrogens (tertiary/aromatic N) is 1. The first-order valence-electron chi connectivity index (χ1n) is 10.2. The monoisotopic (exact) mass is 436 g/mol. The Hall–Kier alpha value is -2.58. The number of rotatable bonds is 8. The van der Waals surface area contributed by atoms with Gasteiger partial charge >= 0.3 is 6.18 Å². The predicted molar refractivity (Wildman–Crippen MR) is 112 cm³/mol. The van der Waals surface area contributed by atoms with Crippen LogP contribution in [0.5, 0.6) is 5.75 Å². The van der Waals surface area contributed by atoms with Gasteiger partial charge in [-0.1, -0.05) is 35.5 Å². The first kappa shape index (κ1) is 23.1. The van der Waals surface area contributed by atoms with Gasteiger partial charge in [0, 0.05) is 5.54 Å². The van der Waals surface area contributed by atoms with E-state index in [9.17, 15) is 18.3 Å². The minimum atomic E-state index is -4.41. The highest BCUT2D eigenvalue weighted by molar-refractivity contribution is 5.98. The summed E-state index contributed by atoms with van der Waals surface area (Å²) in [6.45, 7) is 2.00. The fourth-order valence-electron chi connectivity index (χ4n) is 3.74. The first-order chi connectivity index (χ1) is 14.7. The van der Waals surface area contributed by atoms with E-state index in [1.54, 1.807) is 0 Å². The molecule has 31 heavy (non-hydrogen) atoms. The second-order valence-corrected chi connectivity index (χ2v) is 7.97. The van der Waals surface area contributed by atoms with E-state index >= 15 is 0 Å². The molecule has 0 saturated heterocycles. The Morgan fingerprint density at radius 2 is 1.94 bits per heavy atom. The second-order valence-electron chi connectivity index (χ2n) is 7.97. The molecule has 3 N–H and O–H groups in total. The average Bonchev–Trinajstić information content (AvgIpc) is 3.16. The van der Waals surface area contributed by atoms with Crippen molar-refractivity contribution in [1.29, 1.82) is 0 Å². The standard InChI is InChI=1S/C23H27F3N2O3/c1-16(17-5-7-18(8-6-17)19-9-10-22(27,14-19)15-29)28-31-12-11-30-21-4-2-3-20(13-21)23(24,25)26/h2-8,13,19,29H,9-12,14-15,27H2,1H3/b28-16+/t19-,22-/m1/s1. The van der Waals surface area contributed by atoms with Crippen molar-refractivity contribution in [3.8, 4) is 5.75 Å². The van der Waals surface area contributed by atoms with E-state index in [0.717, 1.165) is 37.0 Å². The molecule has 0 aliphatic heterocycles. The highest BCUT2D eigenvalue weighted by Crippen LogP contribution is 2.39. The number of oxime groups is 1. The van der Waals surface area contributed by atoms with Crippen LogP contribution >= 0.6 is 0 Å². The van der Waals surface area contributed by atoms with Crippen molar-refractivity contribution in [3.63, 3.8) is 0 Å². The highest BCUT2D eigenvalue weighted by Gasteiger charge is 2.35. The maximum absolute atomic E-state index is 12.7. The minimum absolute atomic E-state index is 0.00215. The summed E-state index contributed by atoms with van der Waals surface area (Å²) in [5, 5.41) is 13.5. The van der Waals surface area contributed by atoms with Gasteiger partial charge in [0.25, 0.3) is 0 Å². The number of aliphatic hydroxyl groups is 1. The Labute approximate surface area is 179 Å². The lowest BCUT2D eigenvalue weighted by molar-refractivity contribution is -0.137. The molecule has 0 aromatic heterocycles. The molecule has 0 radical (unpaired) electrons. The number of ether oxygens (including phenoxy) is 1.